The summed E-state index contributed by atoms with van der Waals surface area (Å²) in [6.07, 6.45) is 0. The lowest BCUT2D eigenvalue weighted by Gasteiger charge is -2.18. The van der Waals surface area contributed by atoms with E-state index in [0.29, 0.717) is 46.7 Å². The zero-order valence-electron chi connectivity index (χ0n) is 17.2. The lowest BCUT2D eigenvalue weighted by Crippen LogP contribution is -2.24. The minimum atomic E-state index is -0.208. The minimum Gasteiger partial charge on any atom is -0.493 e. The fourth-order valence-electron chi connectivity index (χ4n) is 3.54. The van der Waals surface area contributed by atoms with Gasteiger partial charge in [-0.2, -0.15) is 9.90 Å². The summed E-state index contributed by atoms with van der Waals surface area (Å²) in [7, 11) is 1.58. The van der Waals surface area contributed by atoms with Crippen LogP contribution in [-0.2, 0) is 13.2 Å². The van der Waals surface area contributed by atoms with Gasteiger partial charge in [0.2, 0.25) is 0 Å². The Labute approximate surface area is 189 Å². The van der Waals surface area contributed by atoms with E-state index < -0.39 is 0 Å². The van der Waals surface area contributed by atoms with Crippen molar-refractivity contribution < 1.29 is 14.3 Å². The fraction of sp³-hybridized carbons (Fsp3) is 0.125. The Morgan fingerprint density at radius 3 is 2.41 bits per heavy atom. The molecule has 0 aliphatic carbocycles. The van der Waals surface area contributed by atoms with Crippen LogP contribution < -0.4 is 14.4 Å². The van der Waals surface area contributed by atoms with Crippen molar-refractivity contribution in [2.75, 3.05) is 12.0 Å². The molecule has 1 amide bonds. The topological polar surface area (TPSA) is 69.5 Å². The summed E-state index contributed by atoms with van der Waals surface area (Å²) in [4.78, 5) is 16.1. The number of fused-ring (bicyclic) bond motifs is 1. The third-order valence-corrected chi connectivity index (χ3v) is 5.44. The largest absolute Gasteiger partial charge is 0.493 e. The Morgan fingerprint density at radius 2 is 1.69 bits per heavy atom. The quantitative estimate of drug-likeness (QED) is 0.430. The van der Waals surface area contributed by atoms with Crippen molar-refractivity contribution in [2.45, 2.75) is 13.2 Å². The summed E-state index contributed by atoms with van der Waals surface area (Å²) in [5.74, 6) is 0.950. The Morgan fingerprint density at radius 1 is 0.938 bits per heavy atom. The van der Waals surface area contributed by atoms with Gasteiger partial charge in [-0.05, 0) is 42.0 Å². The normalized spacial score (nSPS) is 12.7. The van der Waals surface area contributed by atoms with E-state index in [4.69, 9.17) is 21.1 Å². The van der Waals surface area contributed by atoms with Crippen molar-refractivity contribution in [3.63, 3.8) is 0 Å². The zero-order valence-corrected chi connectivity index (χ0v) is 18.0. The predicted octanol–water partition coefficient (Wildman–Crippen LogP) is 4.67. The second-order valence-electron chi connectivity index (χ2n) is 7.26. The van der Waals surface area contributed by atoms with Gasteiger partial charge in [0, 0.05) is 16.8 Å². The number of carbonyl (C=O) groups is 1. The maximum atomic E-state index is 13.0. The average Bonchev–Trinajstić information content (AvgIpc) is 3.38. The van der Waals surface area contributed by atoms with Crippen LogP contribution in [0.15, 0.2) is 72.8 Å². The first-order chi connectivity index (χ1) is 15.6. The van der Waals surface area contributed by atoms with E-state index in [0.717, 1.165) is 11.3 Å². The van der Waals surface area contributed by atoms with Gasteiger partial charge in [0.15, 0.2) is 17.2 Å². The number of nitrogens with zero attached hydrogens (tertiary/aromatic N) is 4. The number of anilines is 1. The first-order valence-electron chi connectivity index (χ1n) is 10.0. The minimum absolute atomic E-state index is 0.208. The molecule has 0 saturated heterocycles. The molecular weight excluding hydrogens is 428 g/mol. The van der Waals surface area contributed by atoms with E-state index in [1.807, 2.05) is 42.5 Å². The molecule has 0 bridgehead atoms. The van der Waals surface area contributed by atoms with Crippen molar-refractivity contribution in [2.24, 2.45) is 0 Å². The third-order valence-electron chi connectivity index (χ3n) is 5.19. The molecule has 2 heterocycles. The van der Waals surface area contributed by atoms with Crippen LogP contribution in [0.2, 0.25) is 5.02 Å². The van der Waals surface area contributed by atoms with E-state index in [9.17, 15) is 4.79 Å². The van der Waals surface area contributed by atoms with Gasteiger partial charge < -0.3 is 14.4 Å². The summed E-state index contributed by atoms with van der Waals surface area (Å²) in [5.41, 5.74) is 3.44. The SMILES string of the molecule is COc1cc(N2Cc3nn(-c4ccc(Cl)cc4)nc3C2=O)ccc1OCc1ccccc1. The van der Waals surface area contributed by atoms with Crippen molar-refractivity contribution in [1.29, 1.82) is 0 Å². The van der Waals surface area contributed by atoms with Crippen LogP contribution in [0, 0.1) is 0 Å². The van der Waals surface area contributed by atoms with Gasteiger partial charge in [-0.15, -0.1) is 5.10 Å². The van der Waals surface area contributed by atoms with Crippen molar-refractivity contribution >= 4 is 23.2 Å². The smallest absolute Gasteiger partial charge is 0.281 e. The first-order valence-corrected chi connectivity index (χ1v) is 10.4. The Hall–Kier alpha value is -3.84. The maximum absolute atomic E-state index is 13.0. The molecule has 1 aliphatic rings. The molecule has 3 aromatic carbocycles. The highest BCUT2D eigenvalue weighted by molar-refractivity contribution is 6.30. The third kappa shape index (κ3) is 3.78. The second kappa shape index (κ2) is 8.36. The molecule has 0 N–H and O–H groups in total. The van der Waals surface area contributed by atoms with Crippen molar-refractivity contribution in [3.05, 3.63) is 94.8 Å². The predicted molar refractivity (Wildman–Crippen MR) is 121 cm³/mol. The molecule has 4 aromatic rings. The number of methoxy groups -OCH3 is 1. The van der Waals surface area contributed by atoms with E-state index >= 15 is 0 Å². The highest BCUT2D eigenvalue weighted by Gasteiger charge is 2.34. The van der Waals surface area contributed by atoms with Crippen molar-refractivity contribution in [3.8, 4) is 17.2 Å². The van der Waals surface area contributed by atoms with E-state index in [1.54, 1.807) is 42.3 Å². The highest BCUT2D eigenvalue weighted by atomic mass is 35.5. The molecule has 0 atom stereocenters. The van der Waals surface area contributed by atoms with E-state index in [2.05, 4.69) is 10.2 Å². The molecule has 32 heavy (non-hydrogen) atoms. The zero-order chi connectivity index (χ0) is 22.1. The molecule has 0 unspecified atom stereocenters. The van der Waals surface area contributed by atoms with Crippen LogP contribution >= 0.6 is 11.6 Å². The van der Waals surface area contributed by atoms with Crippen LogP contribution in [-0.4, -0.2) is 28.0 Å². The molecule has 5 rings (SSSR count). The number of aromatic nitrogens is 3. The summed E-state index contributed by atoms with van der Waals surface area (Å²) in [6.45, 7) is 0.752. The van der Waals surface area contributed by atoms with Crippen LogP contribution in [0.25, 0.3) is 5.69 Å². The van der Waals surface area contributed by atoms with Gasteiger partial charge in [0.05, 0.1) is 19.3 Å². The monoisotopic (exact) mass is 446 g/mol. The van der Waals surface area contributed by atoms with Crippen LogP contribution in [0.5, 0.6) is 11.5 Å². The summed E-state index contributed by atoms with van der Waals surface area (Å²) in [5, 5.41) is 9.50. The summed E-state index contributed by atoms with van der Waals surface area (Å²) in [6, 6.07) is 22.4. The number of carbonyl (C=O) groups excluding carboxylic acids is 1. The van der Waals surface area contributed by atoms with E-state index in [1.165, 1.54) is 4.80 Å². The molecule has 7 nitrogen and oxygen atoms in total. The average molecular weight is 447 g/mol. The molecule has 0 saturated carbocycles. The number of amides is 1. The van der Waals surface area contributed by atoms with Crippen LogP contribution in [0.1, 0.15) is 21.7 Å². The highest BCUT2D eigenvalue weighted by Crippen LogP contribution is 2.35. The van der Waals surface area contributed by atoms with Gasteiger partial charge in [0.25, 0.3) is 5.91 Å². The summed E-state index contributed by atoms with van der Waals surface area (Å²) >= 11 is 5.94. The van der Waals surface area contributed by atoms with Crippen LogP contribution in [0.3, 0.4) is 0 Å². The molecule has 1 aliphatic heterocycles. The fourth-order valence-corrected chi connectivity index (χ4v) is 3.66. The maximum Gasteiger partial charge on any atom is 0.281 e. The second-order valence-corrected chi connectivity index (χ2v) is 7.70. The van der Waals surface area contributed by atoms with Gasteiger partial charge in [0.1, 0.15) is 12.3 Å². The number of ether oxygens (including phenoxy) is 2. The summed E-state index contributed by atoms with van der Waals surface area (Å²) < 4.78 is 11.4. The van der Waals surface area contributed by atoms with Crippen LogP contribution in [0.4, 0.5) is 5.69 Å². The lowest BCUT2D eigenvalue weighted by molar-refractivity contribution is 0.0991. The molecule has 0 fully saturated rings. The number of hydrogen-bond donors (Lipinski definition) is 0. The van der Waals surface area contributed by atoms with E-state index in [-0.39, 0.29) is 5.91 Å². The molecule has 8 heteroatoms. The molecule has 1 aromatic heterocycles. The molecule has 160 valence electrons. The number of benzene rings is 3. The first kappa shape index (κ1) is 20.1. The van der Waals surface area contributed by atoms with Crippen molar-refractivity contribution in [1.82, 2.24) is 15.0 Å². The number of rotatable bonds is 6. The molecule has 0 radical (unpaired) electrons. The lowest BCUT2D eigenvalue weighted by atomic mass is 10.2. The molecule has 0 spiro atoms. The Bertz CT molecular complexity index is 1270. The van der Waals surface area contributed by atoms with Gasteiger partial charge in [-0.25, -0.2) is 0 Å². The number of hydrogen-bond acceptors (Lipinski definition) is 5. The van der Waals surface area contributed by atoms with Gasteiger partial charge in [-0.3, -0.25) is 4.79 Å². The Balaban J connectivity index is 1.34. The van der Waals surface area contributed by atoms with Gasteiger partial charge in [-0.1, -0.05) is 41.9 Å². The Kier molecular flexibility index (Phi) is 5.25. The van der Waals surface area contributed by atoms with Gasteiger partial charge >= 0.3 is 0 Å². The number of halogens is 1. The molecular formula is C24H19ClN4O3. The standard InChI is InChI=1S/C24H19ClN4O3/c1-31-22-13-19(11-12-21(22)32-15-16-5-3-2-4-6-16)28-14-20-23(24(28)30)27-29(26-20)18-9-7-17(25)8-10-18/h2-13H,14-15H2,1H3.